The summed E-state index contributed by atoms with van der Waals surface area (Å²) in [6.07, 6.45) is -1.33. The maximum Gasteiger partial charge on any atom is 0.406 e. The summed E-state index contributed by atoms with van der Waals surface area (Å²) in [7, 11) is 0. The first-order valence-electron chi connectivity index (χ1n) is 6.22. The lowest BCUT2D eigenvalue weighted by atomic mass is 10.0. The molecule has 0 radical (unpaired) electrons. The second-order valence-corrected chi connectivity index (χ2v) is 4.93. The Hall–Kier alpha value is -0.820. The second kappa shape index (κ2) is 5.44. The number of hydroxylamine groups is 1. The molecule has 1 amide bonds. The van der Waals surface area contributed by atoms with Gasteiger partial charge in [-0.15, -0.1) is 0 Å². The van der Waals surface area contributed by atoms with E-state index in [0.717, 1.165) is 19.3 Å². The molecule has 0 saturated carbocycles. The third-order valence-electron chi connectivity index (χ3n) is 3.39. The van der Waals surface area contributed by atoms with Crippen LogP contribution in [0.15, 0.2) is 0 Å². The van der Waals surface area contributed by atoms with Gasteiger partial charge >= 0.3 is 6.18 Å². The van der Waals surface area contributed by atoms with E-state index in [1.807, 2.05) is 5.48 Å². The summed E-state index contributed by atoms with van der Waals surface area (Å²) in [5.41, 5.74) is 2.03. The number of halogens is 3. The molecule has 0 aromatic heterocycles. The van der Waals surface area contributed by atoms with E-state index < -0.39 is 18.3 Å². The average Bonchev–Trinajstić information content (AvgIpc) is 2.63. The number of hydrogen-bond donors (Lipinski definition) is 2. The summed E-state index contributed by atoms with van der Waals surface area (Å²) in [6, 6.07) is -1.66. The Morgan fingerprint density at radius 3 is 2.78 bits per heavy atom. The highest BCUT2D eigenvalue weighted by molar-refractivity contribution is 5.76. The van der Waals surface area contributed by atoms with Crippen molar-refractivity contribution in [3.8, 4) is 0 Å². The Bertz CT molecular complexity index is 309. The van der Waals surface area contributed by atoms with Crippen LogP contribution < -0.4 is 10.8 Å². The lowest BCUT2D eigenvalue weighted by Gasteiger charge is -2.18. The summed E-state index contributed by atoms with van der Waals surface area (Å²) in [5.74, 6) is -0.0178. The minimum absolute atomic E-state index is 0.0178. The van der Waals surface area contributed by atoms with Crippen LogP contribution in [-0.4, -0.2) is 30.3 Å². The van der Waals surface area contributed by atoms with Crippen LogP contribution in [0.25, 0.3) is 0 Å². The molecule has 2 N–H and O–H groups in total. The highest BCUT2D eigenvalue weighted by atomic mass is 19.4. The first-order chi connectivity index (χ1) is 8.45. The lowest BCUT2D eigenvalue weighted by Crippen LogP contribution is -2.36. The Balaban J connectivity index is 1.82. The molecular formula is C11H17F3N2O2. The standard InChI is InChI=1S/C11H17F3N2O2/c12-11(13,14)9-6-8(18-16-9)5-7-3-1-2-4-10(17)15-7/h7-9,16H,1-6H2,(H,15,17). The number of rotatable bonds is 2. The summed E-state index contributed by atoms with van der Waals surface area (Å²) < 4.78 is 37.3. The zero-order valence-electron chi connectivity index (χ0n) is 9.93. The van der Waals surface area contributed by atoms with Crippen molar-refractivity contribution in [3.63, 3.8) is 0 Å². The smallest absolute Gasteiger partial charge is 0.353 e. The Morgan fingerprint density at radius 1 is 1.33 bits per heavy atom. The van der Waals surface area contributed by atoms with E-state index in [1.54, 1.807) is 0 Å². The van der Waals surface area contributed by atoms with E-state index in [4.69, 9.17) is 4.84 Å². The van der Waals surface area contributed by atoms with Gasteiger partial charge in [0, 0.05) is 18.9 Å². The van der Waals surface area contributed by atoms with Gasteiger partial charge in [-0.1, -0.05) is 6.42 Å². The fourth-order valence-electron chi connectivity index (χ4n) is 2.42. The fraction of sp³-hybridized carbons (Fsp3) is 0.909. The molecule has 0 aromatic rings. The SMILES string of the molecule is O=C1CCCCC(CC2CC(C(F)(F)F)NO2)N1. The van der Waals surface area contributed by atoms with E-state index in [1.165, 1.54) is 0 Å². The van der Waals surface area contributed by atoms with Crippen LogP contribution in [0.5, 0.6) is 0 Å². The minimum Gasteiger partial charge on any atom is -0.353 e. The van der Waals surface area contributed by atoms with Crippen LogP contribution in [0.1, 0.15) is 38.5 Å². The highest BCUT2D eigenvalue weighted by Gasteiger charge is 2.45. The summed E-state index contributed by atoms with van der Waals surface area (Å²) in [6.45, 7) is 0. The molecule has 2 aliphatic rings. The summed E-state index contributed by atoms with van der Waals surface area (Å²) >= 11 is 0. The third-order valence-corrected chi connectivity index (χ3v) is 3.39. The van der Waals surface area contributed by atoms with E-state index in [0.29, 0.717) is 12.8 Å². The Morgan fingerprint density at radius 2 is 2.11 bits per heavy atom. The zero-order valence-corrected chi connectivity index (χ0v) is 9.93. The molecule has 18 heavy (non-hydrogen) atoms. The van der Waals surface area contributed by atoms with Gasteiger partial charge in [0.1, 0.15) is 6.04 Å². The molecule has 2 saturated heterocycles. The van der Waals surface area contributed by atoms with Crippen molar-refractivity contribution in [2.45, 2.75) is 62.9 Å². The molecule has 3 atom stereocenters. The number of carbonyl (C=O) groups excluding carboxylic acids is 1. The monoisotopic (exact) mass is 266 g/mol. The molecule has 7 heteroatoms. The molecule has 3 unspecified atom stereocenters. The van der Waals surface area contributed by atoms with Crippen LogP contribution >= 0.6 is 0 Å². The average molecular weight is 266 g/mol. The van der Waals surface area contributed by atoms with Gasteiger partial charge in [-0.05, 0) is 19.3 Å². The molecule has 0 spiro atoms. The Kier molecular flexibility index (Phi) is 4.11. The van der Waals surface area contributed by atoms with Gasteiger partial charge < -0.3 is 5.32 Å². The van der Waals surface area contributed by atoms with Crippen LogP contribution in [-0.2, 0) is 9.63 Å². The van der Waals surface area contributed by atoms with Gasteiger partial charge in [-0.2, -0.15) is 18.7 Å². The van der Waals surface area contributed by atoms with Crippen molar-refractivity contribution >= 4 is 5.91 Å². The van der Waals surface area contributed by atoms with Crippen LogP contribution in [0, 0.1) is 0 Å². The van der Waals surface area contributed by atoms with E-state index in [-0.39, 0.29) is 18.4 Å². The second-order valence-electron chi connectivity index (χ2n) is 4.93. The van der Waals surface area contributed by atoms with Crippen molar-refractivity contribution in [2.75, 3.05) is 0 Å². The number of nitrogens with one attached hydrogen (secondary N) is 2. The first-order valence-corrected chi connectivity index (χ1v) is 6.22. The van der Waals surface area contributed by atoms with Crippen molar-refractivity contribution < 1.29 is 22.8 Å². The molecule has 2 fully saturated rings. The predicted octanol–water partition coefficient (Wildman–Crippen LogP) is 1.66. The number of amides is 1. The molecule has 0 bridgehead atoms. The molecule has 2 heterocycles. The fourth-order valence-corrected chi connectivity index (χ4v) is 2.42. The summed E-state index contributed by atoms with van der Waals surface area (Å²) in [5, 5.41) is 2.83. The van der Waals surface area contributed by atoms with Crippen LogP contribution in [0.4, 0.5) is 13.2 Å². The van der Waals surface area contributed by atoms with Crippen LogP contribution in [0.2, 0.25) is 0 Å². The Labute approximate surface area is 103 Å². The minimum atomic E-state index is -4.28. The number of carbonyl (C=O) groups is 1. The van der Waals surface area contributed by atoms with Gasteiger partial charge in [0.15, 0.2) is 0 Å². The van der Waals surface area contributed by atoms with Crippen LogP contribution in [0.3, 0.4) is 0 Å². The number of hydrogen-bond acceptors (Lipinski definition) is 3. The van der Waals surface area contributed by atoms with Crippen molar-refractivity contribution in [3.05, 3.63) is 0 Å². The maximum absolute atomic E-state index is 12.4. The molecule has 2 rings (SSSR count). The molecular weight excluding hydrogens is 249 g/mol. The molecule has 4 nitrogen and oxygen atoms in total. The van der Waals surface area contributed by atoms with Crippen molar-refractivity contribution in [1.29, 1.82) is 0 Å². The van der Waals surface area contributed by atoms with Gasteiger partial charge in [0.05, 0.1) is 6.10 Å². The van der Waals surface area contributed by atoms with Gasteiger partial charge in [0.2, 0.25) is 5.91 Å². The maximum atomic E-state index is 12.4. The van der Waals surface area contributed by atoms with E-state index in [2.05, 4.69) is 5.32 Å². The molecule has 0 aromatic carbocycles. The zero-order chi connectivity index (χ0) is 13.2. The molecule has 2 aliphatic heterocycles. The van der Waals surface area contributed by atoms with Crippen molar-refractivity contribution in [1.82, 2.24) is 10.8 Å². The molecule has 0 aliphatic carbocycles. The first kappa shape index (κ1) is 13.6. The van der Waals surface area contributed by atoms with Gasteiger partial charge in [0.25, 0.3) is 0 Å². The quantitative estimate of drug-likeness (QED) is 0.799. The normalized spacial score (nSPS) is 34.2. The number of alkyl halides is 3. The topological polar surface area (TPSA) is 50.4 Å². The molecule has 104 valence electrons. The van der Waals surface area contributed by atoms with Gasteiger partial charge in [-0.3, -0.25) is 9.63 Å². The highest BCUT2D eigenvalue weighted by Crippen LogP contribution is 2.29. The lowest BCUT2D eigenvalue weighted by molar-refractivity contribution is -0.164. The van der Waals surface area contributed by atoms with E-state index in [9.17, 15) is 18.0 Å². The predicted molar refractivity (Wildman–Crippen MR) is 57.5 cm³/mol. The van der Waals surface area contributed by atoms with Gasteiger partial charge in [-0.25, -0.2) is 0 Å². The summed E-state index contributed by atoms with van der Waals surface area (Å²) in [4.78, 5) is 16.3. The van der Waals surface area contributed by atoms with Crippen molar-refractivity contribution in [2.24, 2.45) is 0 Å². The third kappa shape index (κ3) is 3.58. The van der Waals surface area contributed by atoms with E-state index >= 15 is 0 Å². The largest absolute Gasteiger partial charge is 0.406 e.